The van der Waals surface area contributed by atoms with E-state index in [1.807, 2.05) is 36.2 Å². The van der Waals surface area contributed by atoms with Crippen LogP contribution in [0.3, 0.4) is 0 Å². The van der Waals surface area contributed by atoms with Crippen LogP contribution in [0.5, 0.6) is 0 Å². The maximum atomic E-state index is 14.2. The average Bonchev–Trinajstić information content (AvgIpc) is 3.27. The van der Waals surface area contributed by atoms with Crippen molar-refractivity contribution in [1.82, 2.24) is 20.2 Å². The van der Waals surface area contributed by atoms with Crippen molar-refractivity contribution in [2.75, 3.05) is 16.0 Å². The summed E-state index contributed by atoms with van der Waals surface area (Å²) in [5, 5.41) is 13.5. The molecule has 0 bridgehead atoms. The predicted octanol–water partition coefficient (Wildman–Crippen LogP) is 3.30. The van der Waals surface area contributed by atoms with Gasteiger partial charge in [-0.05, 0) is 36.8 Å². The van der Waals surface area contributed by atoms with E-state index in [0.29, 0.717) is 34.4 Å². The third-order valence-corrected chi connectivity index (χ3v) is 6.03. The highest BCUT2D eigenvalue weighted by atomic mass is 35.5. The number of hydrogen-bond donors (Lipinski definition) is 2. The molecule has 0 amide bonds. The molecule has 0 aliphatic carbocycles. The van der Waals surface area contributed by atoms with Crippen LogP contribution in [-0.2, 0) is 0 Å². The first kappa shape index (κ1) is 22.7. The average molecular weight is 493 g/mol. The van der Waals surface area contributed by atoms with Crippen LogP contribution < -0.4 is 26.5 Å². The minimum atomic E-state index is -0.457. The number of hydrogen-bond acceptors (Lipinski definition) is 9. The fourth-order valence-corrected chi connectivity index (χ4v) is 4.23. The highest BCUT2D eigenvalue weighted by molar-refractivity contribution is 6.30. The van der Waals surface area contributed by atoms with Crippen LogP contribution in [0.15, 0.2) is 58.2 Å². The van der Waals surface area contributed by atoms with Gasteiger partial charge >= 0.3 is 0 Å². The molecule has 1 aliphatic rings. The number of nitrogens with two attached hydrogens (primary N) is 1. The standard InChI is InChI=1S/C24H22ClFN8O/c1-3-18(30-22-20(21(27)28-12-29-22)24-33-32-13(2)35-24)23-31-19-9-5-8-17(25)16(19)11-34(23)15-7-4-6-14(26)10-15/h4-12,18,23H,3H2,1-2H3,(H3,27,28,29,30)/t18?,23-/m1/s1. The topological polar surface area (TPSA) is 118 Å². The molecular weight excluding hydrogens is 471 g/mol. The van der Waals surface area contributed by atoms with Gasteiger partial charge in [-0.15, -0.1) is 10.2 Å². The Labute approximate surface area is 205 Å². The van der Waals surface area contributed by atoms with Crippen LogP contribution in [0.2, 0.25) is 5.02 Å². The fourth-order valence-electron chi connectivity index (χ4n) is 4.01. The molecule has 3 N–H and O–H groups in total. The van der Waals surface area contributed by atoms with Gasteiger partial charge in [0.2, 0.25) is 5.89 Å². The SMILES string of the molecule is CCC(Nc1ncnc(N)c1-c1nnc(C)o1)[C@@H]1N=c2cccc(Cl)c2=CN1c1cccc(F)c1. The number of fused-ring (bicyclic) bond motifs is 1. The number of rotatable bonds is 6. The normalized spacial score (nSPS) is 15.7. The van der Waals surface area contributed by atoms with E-state index in [1.165, 1.54) is 18.5 Å². The highest BCUT2D eigenvalue weighted by Gasteiger charge is 2.30. The van der Waals surface area contributed by atoms with Crippen molar-refractivity contribution in [1.29, 1.82) is 0 Å². The van der Waals surface area contributed by atoms with E-state index in [9.17, 15) is 4.39 Å². The van der Waals surface area contributed by atoms with Crippen LogP contribution in [0, 0.1) is 12.7 Å². The van der Waals surface area contributed by atoms with Crippen LogP contribution >= 0.6 is 11.6 Å². The Morgan fingerprint density at radius 2 is 2.03 bits per heavy atom. The number of nitrogens with zero attached hydrogens (tertiary/aromatic N) is 6. The number of aryl methyl sites for hydroxylation is 1. The minimum absolute atomic E-state index is 0.201. The first-order chi connectivity index (χ1) is 16.9. The smallest absolute Gasteiger partial charge is 0.255 e. The molecule has 0 saturated heterocycles. The van der Waals surface area contributed by atoms with Crippen molar-refractivity contribution in [3.8, 4) is 11.5 Å². The molecule has 1 unspecified atom stereocenters. The summed E-state index contributed by atoms with van der Waals surface area (Å²) in [5.74, 6) is 0.887. The van der Waals surface area contributed by atoms with Crippen molar-refractivity contribution in [2.45, 2.75) is 32.5 Å². The van der Waals surface area contributed by atoms with Crippen molar-refractivity contribution in [3.63, 3.8) is 0 Å². The number of anilines is 3. The molecule has 2 aromatic carbocycles. The Morgan fingerprint density at radius 1 is 1.20 bits per heavy atom. The first-order valence-electron chi connectivity index (χ1n) is 11.0. The lowest BCUT2D eigenvalue weighted by Gasteiger charge is -2.36. The summed E-state index contributed by atoms with van der Waals surface area (Å²) in [6.07, 6.45) is 3.45. The lowest BCUT2D eigenvalue weighted by molar-refractivity contribution is 0.529. The Morgan fingerprint density at radius 3 is 2.77 bits per heavy atom. The minimum Gasteiger partial charge on any atom is -0.421 e. The molecule has 0 radical (unpaired) electrons. The molecule has 5 rings (SSSR count). The van der Waals surface area contributed by atoms with Gasteiger partial charge in [-0.1, -0.05) is 30.7 Å². The number of aromatic nitrogens is 4. The summed E-state index contributed by atoms with van der Waals surface area (Å²) >= 11 is 6.46. The van der Waals surface area contributed by atoms with Crippen LogP contribution in [0.4, 0.5) is 21.7 Å². The zero-order valence-electron chi connectivity index (χ0n) is 19.0. The zero-order chi connectivity index (χ0) is 24.5. The quantitative estimate of drug-likeness (QED) is 0.421. The van der Waals surface area contributed by atoms with E-state index in [1.54, 1.807) is 19.1 Å². The second-order valence-corrected chi connectivity index (χ2v) is 8.41. The van der Waals surface area contributed by atoms with E-state index in [0.717, 1.165) is 10.6 Å². The predicted molar refractivity (Wildman–Crippen MR) is 132 cm³/mol. The molecule has 2 atom stereocenters. The molecular formula is C24H22ClFN8O. The molecule has 35 heavy (non-hydrogen) atoms. The lowest BCUT2D eigenvalue weighted by atomic mass is 10.1. The Bertz CT molecular complexity index is 1510. The maximum Gasteiger partial charge on any atom is 0.255 e. The molecule has 1 aliphatic heterocycles. The largest absolute Gasteiger partial charge is 0.421 e. The second kappa shape index (κ2) is 9.30. The van der Waals surface area contributed by atoms with Gasteiger partial charge in [-0.3, -0.25) is 4.99 Å². The van der Waals surface area contributed by atoms with Crippen molar-refractivity contribution in [2.24, 2.45) is 4.99 Å². The van der Waals surface area contributed by atoms with Crippen LogP contribution in [0.1, 0.15) is 19.2 Å². The molecule has 4 aromatic rings. The van der Waals surface area contributed by atoms with Gasteiger partial charge in [0.25, 0.3) is 5.89 Å². The number of nitrogens with one attached hydrogen (secondary N) is 1. The third kappa shape index (κ3) is 4.40. The van der Waals surface area contributed by atoms with E-state index in [4.69, 9.17) is 26.7 Å². The first-order valence-corrected chi connectivity index (χ1v) is 11.4. The number of benzene rings is 2. The summed E-state index contributed by atoms with van der Waals surface area (Å²) in [6, 6.07) is 11.6. The number of halogens is 2. The summed E-state index contributed by atoms with van der Waals surface area (Å²) < 4.78 is 19.8. The molecule has 0 spiro atoms. The van der Waals surface area contributed by atoms with Gasteiger partial charge < -0.3 is 20.4 Å². The molecule has 178 valence electrons. The third-order valence-electron chi connectivity index (χ3n) is 5.70. The molecule has 2 aromatic heterocycles. The molecule has 3 heterocycles. The van der Waals surface area contributed by atoms with Gasteiger partial charge in [0.15, 0.2) is 0 Å². The van der Waals surface area contributed by atoms with Gasteiger partial charge in [0.05, 0.1) is 16.4 Å². The van der Waals surface area contributed by atoms with Crippen LogP contribution in [0.25, 0.3) is 17.7 Å². The Kier molecular flexibility index (Phi) is 6.04. The van der Waals surface area contributed by atoms with Crippen LogP contribution in [-0.4, -0.2) is 32.4 Å². The Balaban J connectivity index is 1.61. The monoisotopic (exact) mass is 492 g/mol. The van der Waals surface area contributed by atoms with Crippen molar-refractivity contribution in [3.05, 3.63) is 76.1 Å². The number of nitrogen functional groups attached to an aromatic ring is 1. The molecule has 0 fully saturated rings. The lowest BCUT2D eigenvalue weighted by Crippen LogP contribution is -2.50. The summed E-state index contributed by atoms with van der Waals surface area (Å²) in [6.45, 7) is 3.71. The van der Waals surface area contributed by atoms with Crippen molar-refractivity contribution < 1.29 is 8.81 Å². The Hall–Kier alpha value is -4.05. The van der Waals surface area contributed by atoms with E-state index in [-0.39, 0.29) is 23.6 Å². The second-order valence-electron chi connectivity index (χ2n) is 8.00. The summed E-state index contributed by atoms with van der Waals surface area (Å²) in [4.78, 5) is 15.4. The van der Waals surface area contributed by atoms with E-state index < -0.39 is 6.17 Å². The van der Waals surface area contributed by atoms with Gasteiger partial charge in [0.1, 0.15) is 35.5 Å². The molecule has 9 nitrogen and oxygen atoms in total. The zero-order valence-corrected chi connectivity index (χ0v) is 19.7. The van der Waals surface area contributed by atoms with E-state index in [2.05, 4.69) is 25.5 Å². The maximum absolute atomic E-state index is 14.2. The fraction of sp³-hybridized carbons (Fsp3) is 0.208. The molecule has 0 saturated carbocycles. The van der Waals surface area contributed by atoms with Gasteiger partial charge in [-0.25, -0.2) is 14.4 Å². The molecule has 11 heteroatoms. The summed E-state index contributed by atoms with van der Waals surface area (Å²) in [7, 11) is 0. The summed E-state index contributed by atoms with van der Waals surface area (Å²) in [5.41, 5.74) is 7.21. The van der Waals surface area contributed by atoms with Crippen molar-refractivity contribution >= 4 is 35.1 Å². The van der Waals surface area contributed by atoms with Gasteiger partial charge in [0, 0.05) is 24.0 Å². The van der Waals surface area contributed by atoms with E-state index >= 15 is 0 Å². The van der Waals surface area contributed by atoms with Gasteiger partial charge in [-0.2, -0.15) is 0 Å². The highest BCUT2D eigenvalue weighted by Crippen LogP contribution is 2.32.